The molecule has 7 nitrogen and oxygen atoms in total. The fourth-order valence-electron chi connectivity index (χ4n) is 2.63. The first-order valence-corrected chi connectivity index (χ1v) is 7.10. The fraction of sp³-hybridized carbons (Fsp3) is 0.429. The zero-order valence-electron chi connectivity index (χ0n) is 11.4. The van der Waals surface area contributed by atoms with Gasteiger partial charge in [-0.05, 0) is 18.9 Å². The number of aromatic amines is 2. The Morgan fingerprint density at radius 3 is 2.76 bits per heavy atom. The van der Waals surface area contributed by atoms with Gasteiger partial charge in [0.05, 0.1) is 0 Å². The van der Waals surface area contributed by atoms with Crippen molar-refractivity contribution in [2.45, 2.75) is 24.7 Å². The largest absolute Gasteiger partial charge is 0.336 e. The number of H-pyrrole nitrogens is 2. The average Bonchev–Trinajstić information content (AvgIpc) is 3.14. The number of hydrogen-bond acceptors (Lipinski definition) is 4. The van der Waals surface area contributed by atoms with Gasteiger partial charge in [0, 0.05) is 42.9 Å². The van der Waals surface area contributed by atoms with Gasteiger partial charge in [-0.1, -0.05) is 0 Å². The molecule has 108 valence electrons. The third-order valence-corrected chi connectivity index (χ3v) is 4.07. The van der Waals surface area contributed by atoms with Crippen LogP contribution in [0.25, 0.3) is 0 Å². The minimum Gasteiger partial charge on any atom is -0.336 e. The zero-order valence-corrected chi connectivity index (χ0v) is 11.4. The highest BCUT2D eigenvalue weighted by Crippen LogP contribution is 2.37. The van der Waals surface area contributed by atoms with E-state index in [0.717, 1.165) is 18.5 Å². The molecule has 0 atom stereocenters. The Morgan fingerprint density at radius 2 is 2.10 bits per heavy atom. The van der Waals surface area contributed by atoms with Crippen molar-refractivity contribution in [2.75, 3.05) is 13.1 Å². The number of aromatic nitrogens is 4. The van der Waals surface area contributed by atoms with Crippen molar-refractivity contribution < 1.29 is 4.79 Å². The van der Waals surface area contributed by atoms with E-state index < -0.39 is 0 Å². The lowest BCUT2D eigenvalue weighted by Gasteiger charge is -2.38. The molecule has 0 radical (unpaired) electrons. The van der Waals surface area contributed by atoms with Gasteiger partial charge in [-0.15, -0.1) is 0 Å². The van der Waals surface area contributed by atoms with Crippen LogP contribution in [0.2, 0.25) is 0 Å². The van der Waals surface area contributed by atoms with Crippen molar-refractivity contribution >= 4 is 5.91 Å². The lowest BCUT2D eigenvalue weighted by molar-refractivity contribution is 0.0591. The lowest BCUT2D eigenvalue weighted by Crippen LogP contribution is -2.49. The smallest absolute Gasteiger partial charge is 0.272 e. The summed E-state index contributed by atoms with van der Waals surface area (Å²) < 4.78 is 0. The molecule has 1 aliphatic carbocycles. The summed E-state index contributed by atoms with van der Waals surface area (Å²) in [5, 5.41) is 6.84. The molecule has 21 heavy (non-hydrogen) atoms. The van der Waals surface area contributed by atoms with E-state index in [1.165, 1.54) is 6.07 Å². The zero-order chi connectivity index (χ0) is 14.4. The van der Waals surface area contributed by atoms with Crippen LogP contribution < -0.4 is 5.56 Å². The summed E-state index contributed by atoms with van der Waals surface area (Å²) in [6, 6.07) is 3.21. The van der Waals surface area contributed by atoms with E-state index in [0.29, 0.717) is 30.7 Å². The predicted octanol–water partition coefficient (Wildman–Crippen LogP) is 0.610. The van der Waals surface area contributed by atoms with E-state index in [9.17, 15) is 9.59 Å². The van der Waals surface area contributed by atoms with E-state index in [1.54, 1.807) is 11.1 Å². The van der Waals surface area contributed by atoms with Gasteiger partial charge in [0.1, 0.15) is 11.5 Å². The topological polar surface area (TPSA) is 94.7 Å². The molecule has 1 aliphatic heterocycles. The number of nitrogens with one attached hydrogen (secondary N) is 2. The van der Waals surface area contributed by atoms with Crippen LogP contribution >= 0.6 is 0 Å². The second-order valence-electron chi connectivity index (χ2n) is 5.71. The molecule has 2 aromatic heterocycles. The van der Waals surface area contributed by atoms with Crippen LogP contribution in [0.5, 0.6) is 0 Å². The molecule has 2 aromatic rings. The normalized spacial score (nSPS) is 18.6. The van der Waals surface area contributed by atoms with Gasteiger partial charge >= 0.3 is 0 Å². The Balaban J connectivity index is 1.50. The van der Waals surface area contributed by atoms with E-state index in [1.807, 2.05) is 6.07 Å². The van der Waals surface area contributed by atoms with Gasteiger partial charge in [0.2, 0.25) is 0 Å². The molecule has 2 aliphatic rings. The molecule has 2 fully saturated rings. The maximum Gasteiger partial charge on any atom is 0.272 e. The fourth-order valence-corrected chi connectivity index (χ4v) is 2.63. The number of hydrogen-bond donors (Lipinski definition) is 2. The first-order chi connectivity index (χ1) is 10.2. The Bertz CT molecular complexity index is 726. The number of amides is 1. The SMILES string of the molecule is O=C(c1cc(=O)[nH]c(C2CC2)n1)N1CC(c2ccn[nH]2)C1. The van der Waals surface area contributed by atoms with Crippen LogP contribution in [-0.2, 0) is 0 Å². The third-order valence-electron chi connectivity index (χ3n) is 4.07. The first-order valence-electron chi connectivity index (χ1n) is 7.10. The van der Waals surface area contributed by atoms with Crippen molar-refractivity contribution in [1.29, 1.82) is 0 Å². The summed E-state index contributed by atoms with van der Waals surface area (Å²) in [7, 11) is 0. The third kappa shape index (κ3) is 2.24. The molecule has 2 N–H and O–H groups in total. The van der Waals surface area contributed by atoms with E-state index in [4.69, 9.17) is 0 Å². The minimum atomic E-state index is -0.249. The number of rotatable bonds is 3. The summed E-state index contributed by atoms with van der Waals surface area (Å²) in [6.45, 7) is 1.27. The van der Waals surface area contributed by atoms with Gasteiger partial charge in [0.15, 0.2) is 0 Å². The molecule has 4 rings (SSSR count). The van der Waals surface area contributed by atoms with Crippen molar-refractivity contribution in [2.24, 2.45) is 0 Å². The second-order valence-corrected chi connectivity index (χ2v) is 5.71. The molecule has 1 saturated carbocycles. The highest BCUT2D eigenvalue weighted by atomic mass is 16.2. The Labute approximate surface area is 120 Å². The summed E-state index contributed by atoms with van der Waals surface area (Å²) >= 11 is 0. The average molecular weight is 285 g/mol. The summed E-state index contributed by atoms with van der Waals surface area (Å²) in [5.74, 6) is 1.09. The summed E-state index contributed by atoms with van der Waals surface area (Å²) in [5.41, 5.74) is 1.04. The van der Waals surface area contributed by atoms with Gasteiger partial charge in [-0.2, -0.15) is 5.10 Å². The summed E-state index contributed by atoms with van der Waals surface area (Å²) in [4.78, 5) is 32.8. The quantitative estimate of drug-likeness (QED) is 0.863. The number of carbonyl (C=O) groups is 1. The Kier molecular flexibility index (Phi) is 2.66. The summed E-state index contributed by atoms with van der Waals surface area (Å²) in [6.07, 6.45) is 3.78. The molecule has 0 spiro atoms. The van der Waals surface area contributed by atoms with E-state index in [2.05, 4.69) is 20.2 Å². The maximum absolute atomic E-state index is 12.4. The second kappa shape index (κ2) is 4.54. The Morgan fingerprint density at radius 1 is 1.29 bits per heavy atom. The van der Waals surface area contributed by atoms with Gasteiger partial charge in [-0.25, -0.2) is 4.98 Å². The first kappa shape index (κ1) is 12.3. The van der Waals surface area contributed by atoms with Crippen molar-refractivity contribution in [1.82, 2.24) is 25.1 Å². The van der Waals surface area contributed by atoms with Crippen LogP contribution in [0.4, 0.5) is 0 Å². The van der Waals surface area contributed by atoms with E-state index >= 15 is 0 Å². The lowest BCUT2D eigenvalue weighted by atomic mass is 9.96. The number of carbonyl (C=O) groups excluding carboxylic acids is 1. The molecular weight excluding hydrogens is 270 g/mol. The van der Waals surface area contributed by atoms with Crippen LogP contribution in [-0.4, -0.2) is 44.1 Å². The van der Waals surface area contributed by atoms with E-state index in [-0.39, 0.29) is 17.2 Å². The van der Waals surface area contributed by atoms with Gasteiger partial charge in [0.25, 0.3) is 11.5 Å². The number of likely N-dealkylation sites (tertiary alicyclic amines) is 1. The van der Waals surface area contributed by atoms with Crippen LogP contribution in [0.1, 0.15) is 46.7 Å². The van der Waals surface area contributed by atoms with Gasteiger partial charge < -0.3 is 9.88 Å². The molecule has 1 saturated heterocycles. The monoisotopic (exact) mass is 285 g/mol. The van der Waals surface area contributed by atoms with Crippen molar-refractivity contribution in [3.8, 4) is 0 Å². The Hall–Kier alpha value is -2.44. The molecule has 1 amide bonds. The predicted molar refractivity (Wildman–Crippen MR) is 74.1 cm³/mol. The van der Waals surface area contributed by atoms with Gasteiger partial charge in [-0.3, -0.25) is 14.7 Å². The molecular formula is C14H15N5O2. The maximum atomic E-state index is 12.4. The molecule has 0 aromatic carbocycles. The van der Waals surface area contributed by atoms with Crippen molar-refractivity contribution in [3.63, 3.8) is 0 Å². The van der Waals surface area contributed by atoms with Crippen LogP contribution in [0, 0.1) is 0 Å². The highest BCUT2D eigenvalue weighted by Gasteiger charge is 2.34. The van der Waals surface area contributed by atoms with Crippen LogP contribution in [0.3, 0.4) is 0 Å². The number of nitrogens with zero attached hydrogens (tertiary/aromatic N) is 3. The standard InChI is InChI=1S/C14H15N5O2/c20-12-5-11(16-13(17-12)8-1-2-8)14(21)19-6-9(7-19)10-3-4-15-18-10/h3-5,8-9H,1-2,6-7H2,(H,15,18)(H,16,17,20). The minimum absolute atomic E-state index is 0.168. The van der Waals surface area contributed by atoms with Crippen LogP contribution in [0.15, 0.2) is 23.1 Å². The molecule has 3 heterocycles. The molecule has 7 heteroatoms. The molecule has 0 unspecified atom stereocenters. The highest BCUT2D eigenvalue weighted by molar-refractivity contribution is 5.92. The van der Waals surface area contributed by atoms with Crippen molar-refractivity contribution in [3.05, 3.63) is 45.9 Å². The molecule has 0 bridgehead atoms.